The van der Waals surface area contributed by atoms with Crippen LogP contribution in [0.1, 0.15) is 30.4 Å². The van der Waals surface area contributed by atoms with Gasteiger partial charge in [-0.25, -0.2) is 0 Å². The maximum Gasteiger partial charge on any atom is 0.301 e. The van der Waals surface area contributed by atoms with E-state index in [0.717, 1.165) is 22.9 Å². The van der Waals surface area contributed by atoms with Crippen molar-refractivity contribution in [3.8, 4) is 0 Å². The molecule has 0 saturated carbocycles. The number of hydrazone groups is 1. The second kappa shape index (κ2) is 9.42. The van der Waals surface area contributed by atoms with E-state index in [0.29, 0.717) is 6.42 Å². The summed E-state index contributed by atoms with van der Waals surface area (Å²) in [6.45, 7) is 1.84. The standard InChI is InChI=1S/C22H20N4O4/c1-16(23-24-21-13-12-19(25(27)28)15-22(21)26(29)30)14-20(17-8-4-2-5-9-17)18-10-6-3-7-11-18/h2-13,15,20,24H,14H2,1H3. The lowest BCUT2D eigenvalue weighted by Crippen LogP contribution is -2.08. The minimum absolute atomic E-state index is 0.0739. The number of hydrogen-bond donors (Lipinski definition) is 1. The quantitative estimate of drug-likeness (QED) is 0.302. The van der Waals surface area contributed by atoms with E-state index < -0.39 is 15.5 Å². The molecule has 0 spiro atoms. The number of hydrogen-bond acceptors (Lipinski definition) is 6. The average molecular weight is 404 g/mol. The van der Waals surface area contributed by atoms with Crippen molar-refractivity contribution in [2.75, 3.05) is 5.43 Å². The average Bonchev–Trinajstić information content (AvgIpc) is 2.77. The Labute approximate surface area is 173 Å². The summed E-state index contributed by atoms with van der Waals surface area (Å²) in [5, 5.41) is 26.5. The Balaban J connectivity index is 1.84. The molecule has 30 heavy (non-hydrogen) atoms. The summed E-state index contributed by atoms with van der Waals surface area (Å²) < 4.78 is 0. The van der Waals surface area contributed by atoms with E-state index in [1.807, 2.05) is 43.3 Å². The van der Waals surface area contributed by atoms with Crippen LogP contribution in [0, 0.1) is 20.2 Å². The smallest absolute Gasteiger partial charge is 0.272 e. The summed E-state index contributed by atoms with van der Waals surface area (Å²) in [7, 11) is 0. The maximum atomic E-state index is 11.3. The fraction of sp³-hybridized carbons (Fsp3) is 0.136. The SMILES string of the molecule is CC(CC(c1ccccc1)c1ccccc1)=NNc1ccc([N+](=O)[O-])cc1[N+](=O)[O-]. The van der Waals surface area contributed by atoms with Crippen molar-refractivity contribution < 1.29 is 9.85 Å². The molecule has 3 aromatic carbocycles. The van der Waals surface area contributed by atoms with Gasteiger partial charge in [-0.05, 0) is 30.5 Å². The summed E-state index contributed by atoms with van der Waals surface area (Å²) >= 11 is 0. The third kappa shape index (κ3) is 5.05. The first-order chi connectivity index (χ1) is 14.5. The normalized spacial score (nSPS) is 11.3. The van der Waals surface area contributed by atoms with Gasteiger partial charge in [0, 0.05) is 17.7 Å². The van der Waals surface area contributed by atoms with E-state index in [9.17, 15) is 20.2 Å². The van der Waals surface area contributed by atoms with Crippen molar-refractivity contribution >= 4 is 22.8 Å². The van der Waals surface area contributed by atoms with Gasteiger partial charge in [-0.3, -0.25) is 25.7 Å². The van der Waals surface area contributed by atoms with Crippen molar-refractivity contribution in [2.24, 2.45) is 5.10 Å². The number of nitro groups is 2. The molecule has 0 bridgehead atoms. The lowest BCUT2D eigenvalue weighted by molar-refractivity contribution is -0.393. The van der Waals surface area contributed by atoms with Crippen LogP contribution in [-0.2, 0) is 0 Å². The second-order valence-corrected chi connectivity index (χ2v) is 6.75. The van der Waals surface area contributed by atoms with Crippen molar-refractivity contribution in [3.63, 3.8) is 0 Å². The van der Waals surface area contributed by atoms with Gasteiger partial charge in [-0.2, -0.15) is 5.10 Å². The molecule has 3 aromatic rings. The van der Waals surface area contributed by atoms with Crippen molar-refractivity contribution in [1.82, 2.24) is 0 Å². The molecule has 0 atom stereocenters. The number of rotatable bonds is 8. The molecule has 0 aromatic heterocycles. The van der Waals surface area contributed by atoms with Crippen LogP contribution in [0.5, 0.6) is 0 Å². The van der Waals surface area contributed by atoms with Gasteiger partial charge in [0.1, 0.15) is 5.69 Å². The molecule has 1 N–H and O–H groups in total. The monoisotopic (exact) mass is 404 g/mol. The third-order valence-electron chi connectivity index (χ3n) is 4.66. The summed E-state index contributed by atoms with van der Waals surface area (Å²) in [6.07, 6.45) is 0.599. The summed E-state index contributed by atoms with van der Waals surface area (Å²) in [6, 6.07) is 23.5. The number of nitrogens with zero attached hydrogens (tertiary/aromatic N) is 3. The van der Waals surface area contributed by atoms with Gasteiger partial charge in [0.05, 0.1) is 15.9 Å². The van der Waals surface area contributed by atoms with Crippen LogP contribution in [0.25, 0.3) is 0 Å². The summed E-state index contributed by atoms with van der Waals surface area (Å²) in [4.78, 5) is 20.8. The van der Waals surface area contributed by atoms with Crippen molar-refractivity contribution in [1.29, 1.82) is 0 Å². The van der Waals surface area contributed by atoms with Crippen LogP contribution in [0.15, 0.2) is 84.0 Å². The number of non-ortho nitro benzene ring substituents is 1. The van der Waals surface area contributed by atoms with Crippen LogP contribution in [0.4, 0.5) is 17.1 Å². The van der Waals surface area contributed by atoms with E-state index in [-0.39, 0.29) is 17.3 Å². The zero-order valence-electron chi connectivity index (χ0n) is 16.3. The molecule has 8 nitrogen and oxygen atoms in total. The molecule has 0 radical (unpaired) electrons. The lowest BCUT2D eigenvalue weighted by Gasteiger charge is -2.18. The molecule has 0 saturated heterocycles. The number of nitro benzene ring substituents is 2. The predicted molar refractivity (Wildman–Crippen MR) is 116 cm³/mol. The summed E-state index contributed by atoms with van der Waals surface area (Å²) in [5.41, 5.74) is 5.06. The fourth-order valence-electron chi connectivity index (χ4n) is 3.17. The predicted octanol–water partition coefficient (Wildman–Crippen LogP) is 5.51. The Morgan fingerprint density at radius 1 is 0.900 bits per heavy atom. The van der Waals surface area contributed by atoms with E-state index in [1.54, 1.807) is 0 Å². The maximum absolute atomic E-state index is 11.3. The third-order valence-corrected chi connectivity index (χ3v) is 4.66. The second-order valence-electron chi connectivity index (χ2n) is 6.75. The highest BCUT2D eigenvalue weighted by Gasteiger charge is 2.20. The molecule has 0 aliphatic carbocycles. The van der Waals surface area contributed by atoms with Gasteiger partial charge >= 0.3 is 5.69 Å². The first-order valence-corrected chi connectivity index (χ1v) is 9.27. The number of benzene rings is 3. The molecule has 0 amide bonds. The number of nitrogens with one attached hydrogen (secondary N) is 1. The zero-order chi connectivity index (χ0) is 21.5. The molecule has 0 fully saturated rings. The summed E-state index contributed by atoms with van der Waals surface area (Å²) in [5.74, 6) is 0.0739. The molecule has 8 heteroatoms. The molecule has 0 aliphatic heterocycles. The highest BCUT2D eigenvalue weighted by molar-refractivity contribution is 5.84. The van der Waals surface area contributed by atoms with Gasteiger partial charge in [0.15, 0.2) is 0 Å². The van der Waals surface area contributed by atoms with Gasteiger partial charge in [0.25, 0.3) is 5.69 Å². The first kappa shape index (κ1) is 20.7. The van der Waals surface area contributed by atoms with Gasteiger partial charge in [-0.1, -0.05) is 60.7 Å². The Morgan fingerprint density at radius 2 is 1.47 bits per heavy atom. The topological polar surface area (TPSA) is 111 Å². The molecule has 0 unspecified atom stereocenters. The highest BCUT2D eigenvalue weighted by atomic mass is 16.6. The van der Waals surface area contributed by atoms with Crippen LogP contribution in [0.3, 0.4) is 0 Å². The largest absolute Gasteiger partial charge is 0.301 e. The molecular formula is C22H20N4O4. The fourth-order valence-corrected chi connectivity index (χ4v) is 3.17. The van der Waals surface area contributed by atoms with Crippen molar-refractivity contribution in [3.05, 3.63) is 110 Å². The van der Waals surface area contributed by atoms with E-state index in [1.165, 1.54) is 12.1 Å². The molecular weight excluding hydrogens is 384 g/mol. The lowest BCUT2D eigenvalue weighted by atomic mass is 9.87. The molecule has 0 heterocycles. The minimum Gasteiger partial charge on any atom is -0.272 e. The molecule has 3 rings (SSSR count). The minimum atomic E-state index is -0.671. The van der Waals surface area contributed by atoms with Gasteiger partial charge in [-0.15, -0.1) is 0 Å². The van der Waals surface area contributed by atoms with E-state index in [2.05, 4.69) is 34.8 Å². The Bertz CT molecular complexity index is 1030. The highest BCUT2D eigenvalue weighted by Crippen LogP contribution is 2.30. The van der Waals surface area contributed by atoms with Crippen LogP contribution in [0.2, 0.25) is 0 Å². The molecule has 0 aliphatic rings. The Morgan fingerprint density at radius 3 is 1.97 bits per heavy atom. The zero-order valence-corrected chi connectivity index (χ0v) is 16.3. The van der Waals surface area contributed by atoms with E-state index >= 15 is 0 Å². The van der Waals surface area contributed by atoms with E-state index in [4.69, 9.17) is 0 Å². The van der Waals surface area contributed by atoms with Gasteiger partial charge in [0.2, 0.25) is 0 Å². The number of anilines is 1. The Hall–Kier alpha value is -4.07. The Kier molecular flexibility index (Phi) is 6.49. The first-order valence-electron chi connectivity index (χ1n) is 9.27. The molecule has 152 valence electrons. The van der Waals surface area contributed by atoms with Gasteiger partial charge < -0.3 is 0 Å². The van der Waals surface area contributed by atoms with Crippen LogP contribution in [-0.4, -0.2) is 15.6 Å². The van der Waals surface area contributed by atoms with Crippen LogP contribution < -0.4 is 5.43 Å². The van der Waals surface area contributed by atoms with Crippen LogP contribution >= 0.6 is 0 Å². The van der Waals surface area contributed by atoms with Crippen molar-refractivity contribution in [2.45, 2.75) is 19.3 Å².